The molecule has 0 amide bonds. The van der Waals surface area contributed by atoms with Crippen molar-refractivity contribution in [3.63, 3.8) is 0 Å². The second kappa shape index (κ2) is 4.67. The van der Waals surface area contributed by atoms with E-state index in [1.807, 2.05) is 0 Å². The van der Waals surface area contributed by atoms with Crippen LogP contribution in [0.5, 0.6) is 0 Å². The number of nitrogens with zero attached hydrogens (tertiary/aromatic N) is 3. The van der Waals surface area contributed by atoms with Crippen LogP contribution in [0.25, 0.3) is 10.2 Å². The van der Waals surface area contributed by atoms with Gasteiger partial charge >= 0.3 is 0 Å². The molecule has 1 aliphatic rings. The van der Waals surface area contributed by atoms with Crippen molar-refractivity contribution in [3.8, 4) is 0 Å². The predicted molar refractivity (Wildman–Crippen MR) is 77.8 cm³/mol. The summed E-state index contributed by atoms with van der Waals surface area (Å²) in [5.41, 5.74) is 0. The quantitative estimate of drug-likeness (QED) is 0.799. The Hall–Kier alpha value is -0.870. The molecular formula is C13H16ClN3S. The zero-order valence-corrected chi connectivity index (χ0v) is 12.2. The van der Waals surface area contributed by atoms with Crippen molar-refractivity contribution in [1.82, 2.24) is 9.97 Å². The minimum absolute atomic E-state index is 0.355. The van der Waals surface area contributed by atoms with Gasteiger partial charge < -0.3 is 4.90 Å². The number of aromatic nitrogens is 2. The molecule has 2 heterocycles. The van der Waals surface area contributed by atoms with Crippen molar-refractivity contribution in [2.24, 2.45) is 0 Å². The van der Waals surface area contributed by atoms with E-state index >= 15 is 0 Å². The molecule has 0 aliphatic heterocycles. The maximum absolute atomic E-state index is 6.04. The molecule has 0 spiro atoms. The third-order valence-electron chi connectivity index (χ3n) is 3.70. The summed E-state index contributed by atoms with van der Waals surface area (Å²) in [6, 6.07) is 2.82. The highest BCUT2D eigenvalue weighted by Gasteiger charge is 2.25. The van der Waals surface area contributed by atoms with Crippen LogP contribution in [-0.4, -0.2) is 23.1 Å². The Labute approximate surface area is 116 Å². The summed E-state index contributed by atoms with van der Waals surface area (Å²) in [4.78, 5) is 13.4. The van der Waals surface area contributed by atoms with Crippen LogP contribution < -0.4 is 4.90 Å². The molecule has 18 heavy (non-hydrogen) atoms. The van der Waals surface area contributed by atoms with Crippen LogP contribution in [0.3, 0.4) is 0 Å². The Balaban J connectivity index is 2.10. The van der Waals surface area contributed by atoms with Crippen molar-refractivity contribution < 1.29 is 0 Å². The minimum atomic E-state index is 0.355. The molecule has 2 aromatic rings. The standard InChI is InChI=1S/C13H16ClN3S/c1-3-9-7-10-11(17(2)8-5-4-6-8)15-13(14)16-12(10)18-9/h7-8H,3-6H2,1-2H3. The summed E-state index contributed by atoms with van der Waals surface area (Å²) in [6.45, 7) is 2.16. The lowest BCUT2D eigenvalue weighted by molar-refractivity contribution is 0.400. The number of hydrogen-bond donors (Lipinski definition) is 0. The number of anilines is 1. The summed E-state index contributed by atoms with van der Waals surface area (Å²) < 4.78 is 0. The van der Waals surface area contributed by atoms with Gasteiger partial charge in [-0.25, -0.2) is 4.98 Å². The fraction of sp³-hybridized carbons (Fsp3) is 0.538. The first-order valence-electron chi connectivity index (χ1n) is 6.38. The summed E-state index contributed by atoms with van der Waals surface area (Å²) >= 11 is 7.76. The van der Waals surface area contributed by atoms with Crippen molar-refractivity contribution >= 4 is 39.0 Å². The third kappa shape index (κ3) is 1.97. The lowest BCUT2D eigenvalue weighted by atomic mass is 9.92. The Bertz CT molecular complexity index is 577. The zero-order valence-electron chi connectivity index (χ0n) is 10.6. The van der Waals surface area contributed by atoms with Gasteiger partial charge in [-0.2, -0.15) is 4.98 Å². The van der Waals surface area contributed by atoms with E-state index in [0.29, 0.717) is 11.3 Å². The molecule has 1 aliphatic carbocycles. The van der Waals surface area contributed by atoms with Crippen molar-refractivity contribution in [2.75, 3.05) is 11.9 Å². The Morgan fingerprint density at radius 3 is 2.83 bits per heavy atom. The fourth-order valence-corrected chi connectivity index (χ4v) is 3.50. The van der Waals surface area contributed by atoms with Gasteiger partial charge in [0, 0.05) is 18.0 Å². The van der Waals surface area contributed by atoms with Gasteiger partial charge in [0.15, 0.2) is 0 Å². The SMILES string of the molecule is CCc1cc2c(N(C)C3CCC3)nc(Cl)nc2s1. The monoisotopic (exact) mass is 281 g/mol. The molecule has 0 atom stereocenters. The molecule has 5 heteroatoms. The molecule has 0 aromatic carbocycles. The average Bonchev–Trinajstić information content (AvgIpc) is 2.68. The van der Waals surface area contributed by atoms with Crippen LogP contribution in [0.1, 0.15) is 31.1 Å². The van der Waals surface area contributed by atoms with Crippen molar-refractivity contribution in [1.29, 1.82) is 0 Å². The summed E-state index contributed by atoms with van der Waals surface area (Å²) in [5, 5.41) is 1.50. The molecule has 0 radical (unpaired) electrons. The van der Waals surface area contributed by atoms with E-state index in [1.165, 1.54) is 24.1 Å². The number of thiophene rings is 1. The molecule has 1 saturated carbocycles. The van der Waals surface area contributed by atoms with Crippen LogP contribution in [0.15, 0.2) is 6.07 Å². The number of rotatable bonds is 3. The van der Waals surface area contributed by atoms with Gasteiger partial charge in [-0.05, 0) is 43.4 Å². The van der Waals surface area contributed by atoms with Gasteiger partial charge in [-0.3, -0.25) is 0 Å². The summed E-state index contributed by atoms with van der Waals surface area (Å²) in [7, 11) is 2.12. The van der Waals surface area contributed by atoms with E-state index in [9.17, 15) is 0 Å². The first-order valence-corrected chi connectivity index (χ1v) is 7.57. The molecule has 0 bridgehead atoms. The Morgan fingerprint density at radius 1 is 1.44 bits per heavy atom. The minimum Gasteiger partial charge on any atom is -0.356 e. The Kier molecular flexibility index (Phi) is 3.16. The highest BCUT2D eigenvalue weighted by Crippen LogP contribution is 2.35. The largest absolute Gasteiger partial charge is 0.356 e. The van der Waals surface area contributed by atoms with Crippen LogP contribution in [-0.2, 0) is 6.42 Å². The van der Waals surface area contributed by atoms with Gasteiger partial charge in [-0.1, -0.05) is 6.92 Å². The molecule has 3 rings (SSSR count). The van der Waals surface area contributed by atoms with Crippen molar-refractivity contribution in [3.05, 3.63) is 16.2 Å². The second-order valence-corrected chi connectivity index (χ2v) is 6.25. The molecule has 3 nitrogen and oxygen atoms in total. The molecule has 2 aromatic heterocycles. The first kappa shape index (κ1) is 12.2. The predicted octanol–water partition coefficient (Wildman–Crippen LogP) is 3.90. The Morgan fingerprint density at radius 2 is 2.22 bits per heavy atom. The van der Waals surface area contributed by atoms with Crippen LogP contribution >= 0.6 is 22.9 Å². The van der Waals surface area contributed by atoms with Gasteiger partial charge in [0.25, 0.3) is 0 Å². The molecule has 0 saturated heterocycles. The van der Waals surface area contributed by atoms with Crippen LogP contribution in [0.4, 0.5) is 5.82 Å². The van der Waals surface area contributed by atoms with E-state index in [0.717, 1.165) is 22.5 Å². The normalized spacial score (nSPS) is 15.9. The number of hydrogen-bond acceptors (Lipinski definition) is 4. The number of halogens is 1. The highest BCUT2D eigenvalue weighted by atomic mass is 35.5. The lowest BCUT2D eigenvalue weighted by Gasteiger charge is -2.35. The van der Waals surface area contributed by atoms with Crippen molar-refractivity contribution in [2.45, 2.75) is 38.6 Å². The van der Waals surface area contributed by atoms with Gasteiger partial charge in [0.05, 0.1) is 5.39 Å². The van der Waals surface area contributed by atoms with E-state index in [2.05, 4.69) is 34.9 Å². The average molecular weight is 282 g/mol. The smallest absolute Gasteiger partial charge is 0.225 e. The van der Waals surface area contributed by atoms with E-state index in [1.54, 1.807) is 11.3 Å². The van der Waals surface area contributed by atoms with Crippen LogP contribution in [0, 0.1) is 0 Å². The lowest BCUT2D eigenvalue weighted by Crippen LogP contribution is -2.37. The second-order valence-electron chi connectivity index (χ2n) is 4.80. The molecule has 96 valence electrons. The topological polar surface area (TPSA) is 29.0 Å². The van der Waals surface area contributed by atoms with Gasteiger partial charge in [0.2, 0.25) is 5.28 Å². The summed E-state index contributed by atoms with van der Waals surface area (Å²) in [6.07, 6.45) is 4.86. The van der Waals surface area contributed by atoms with Crippen LogP contribution in [0.2, 0.25) is 5.28 Å². The maximum atomic E-state index is 6.04. The highest BCUT2D eigenvalue weighted by molar-refractivity contribution is 7.18. The maximum Gasteiger partial charge on any atom is 0.225 e. The zero-order chi connectivity index (χ0) is 12.7. The van der Waals surface area contributed by atoms with Gasteiger partial charge in [0.1, 0.15) is 10.6 Å². The number of aryl methyl sites for hydroxylation is 1. The summed E-state index contributed by atoms with van der Waals surface area (Å²) in [5.74, 6) is 0.991. The van der Waals surface area contributed by atoms with E-state index in [-0.39, 0.29) is 0 Å². The fourth-order valence-electron chi connectivity index (χ4n) is 2.32. The first-order chi connectivity index (χ1) is 8.69. The molecule has 0 N–H and O–H groups in total. The molecular weight excluding hydrogens is 266 g/mol. The molecule has 0 unspecified atom stereocenters. The third-order valence-corrected chi connectivity index (χ3v) is 5.04. The van der Waals surface area contributed by atoms with E-state index < -0.39 is 0 Å². The molecule has 1 fully saturated rings. The van der Waals surface area contributed by atoms with Gasteiger partial charge in [-0.15, -0.1) is 11.3 Å². The number of fused-ring (bicyclic) bond motifs is 1. The van der Waals surface area contributed by atoms with E-state index in [4.69, 9.17) is 11.6 Å².